The minimum atomic E-state index is 0.120. The molecule has 2 saturated heterocycles. The van der Waals surface area contributed by atoms with Gasteiger partial charge in [-0.1, -0.05) is 18.7 Å². The number of ether oxygens (including phenoxy) is 1. The molecule has 2 atom stereocenters. The monoisotopic (exact) mass is 476 g/mol. The molecule has 4 rings (SSSR count). The molecule has 1 aliphatic carbocycles. The number of nitrogens with zero attached hydrogens (tertiary/aromatic N) is 4. The van der Waals surface area contributed by atoms with Gasteiger partial charge in [0.1, 0.15) is 17.7 Å². The first-order chi connectivity index (χ1) is 16.9. The molecule has 8 nitrogen and oxygen atoms in total. The summed E-state index contributed by atoms with van der Waals surface area (Å²) in [5.41, 5.74) is 15.2. The van der Waals surface area contributed by atoms with Crippen LogP contribution in [0.2, 0.25) is 0 Å². The van der Waals surface area contributed by atoms with Crippen LogP contribution in [0.5, 0.6) is 5.75 Å². The predicted octanol–water partition coefficient (Wildman–Crippen LogP) is 3.68. The molecule has 3 fully saturated rings. The SMILES string of the molecule is C=N/C(N)=C(\C=C(/N)c1ccccc1O)N1CC2CCC(C1)N2C(=C)/C=C\N=C(/C)OC1CCC1. The Bertz CT molecular complexity index is 1070. The molecule has 0 amide bonds. The predicted molar refractivity (Wildman–Crippen MR) is 141 cm³/mol. The second-order valence-corrected chi connectivity index (χ2v) is 9.37. The first-order valence-corrected chi connectivity index (χ1v) is 12.2. The van der Waals surface area contributed by atoms with E-state index < -0.39 is 0 Å². The maximum absolute atomic E-state index is 10.2. The van der Waals surface area contributed by atoms with Crippen LogP contribution in [0.4, 0.5) is 0 Å². The molecule has 186 valence electrons. The second kappa shape index (κ2) is 10.7. The number of rotatable bonds is 8. The topological polar surface area (TPSA) is 113 Å². The largest absolute Gasteiger partial charge is 0.507 e. The summed E-state index contributed by atoms with van der Waals surface area (Å²) in [5, 5.41) is 10.2. The van der Waals surface area contributed by atoms with Crippen molar-refractivity contribution >= 4 is 18.3 Å². The zero-order valence-electron chi connectivity index (χ0n) is 20.4. The number of para-hydroxylation sites is 1. The van der Waals surface area contributed by atoms with Crippen LogP contribution in [0.3, 0.4) is 0 Å². The van der Waals surface area contributed by atoms with Gasteiger partial charge in [-0.25, -0.2) is 9.98 Å². The van der Waals surface area contributed by atoms with Crippen LogP contribution >= 0.6 is 0 Å². The van der Waals surface area contributed by atoms with E-state index >= 15 is 0 Å². The summed E-state index contributed by atoms with van der Waals surface area (Å²) >= 11 is 0. The average Bonchev–Trinajstić information content (AvgIpc) is 3.09. The van der Waals surface area contributed by atoms with E-state index in [-0.39, 0.29) is 17.8 Å². The van der Waals surface area contributed by atoms with Crippen molar-refractivity contribution in [2.45, 2.75) is 57.2 Å². The number of fused-ring (bicyclic) bond motifs is 2. The number of hydrogen-bond acceptors (Lipinski definition) is 8. The maximum atomic E-state index is 10.2. The van der Waals surface area contributed by atoms with Gasteiger partial charge in [-0.05, 0) is 63.1 Å². The Hall–Kier alpha value is -3.68. The van der Waals surface area contributed by atoms with Crippen LogP contribution in [0.1, 0.15) is 44.6 Å². The standard InChI is InChI=1S/C27H36N6O2/c1-18(13-14-31-19(2)35-22-7-6-8-22)33-20-11-12-21(33)17-32(16-20)25(27(29)30-3)15-24(28)23-9-4-5-10-26(23)34/h4-5,9-10,13-15,20-22,34H,1,3,6-8,11-12,16-17,28-29H2,2H3/b14-13-,24-15-,27-25+,31-19+. The van der Waals surface area contributed by atoms with Gasteiger partial charge in [0, 0.05) is 55.3 Å². The van der Waals surface area contributed by atoms with Crippen LogP contribution in [0, 0.1) is 0 Å². The molecule has 5 N–H and O–H groups in total. The molecule has 3 aliphatic rings. The third-order valence-electron chi connectivity index (χ3n) is 7.01. The van der Waals surface area contributed by atoms with Gasteiger partial charge in [-0.2, -0.15) is 0 Å². The highest BCUT2D eigenvalue weighted by Gasteiger charge is 2.40. The highest BCUT2D eigenvalue weighted by molar-refractivity contribution is 5.74. The van der Waals surface area contributed by atoms with Crippen molar-refractivity contribution in [1.82, 2.24) is 9.80 Å². The lowest BCUT2D eigenvalue weighted by atomic mass is 9.96. The van der Waals surface area contributed by atoms with E-state index in [2.05, 4.69) is 33.1 Å². The van der Waals surface area contributed by atoms with Crippen molar-refractivity contribution in [1.29, 1.82) is 0 Å². The Kier molecular flexibility index (Phi) is 7.48. The molecule has 35 heavy (non-hydrogen) atoms. The minimum absolute atomic E-state index is 0.120. The van der Waals surface area contributed by atoms with E-state index in [0.717, 1.165) is 44.5 Å². The average molecular weight is 477 g/mol. The normalized spacial score (nSPS) is 23.8. The molecule has 2 bridgehead atoms. The number of piperazine rings is 1. The Morgan fingerprint density at radius 3 is 2.43 bits per heavy atom. The van der Waals surface area contributed by atoms with Crippen molar-refractivity contribution < 1.29 is 9.84 Å². The van der Waals surface area contributed by atoms with Crippen LogP contribution < -0.4 is 11.5 Å². The molecule has 0 aromatic heterocycles. The van der Waals surface area contributed by atoms with Gasteiger partial charge < -0.3 is 31.1 Å². The smallest absolute Gasteiger partial charge is 0.184 e. The van der Waals surface area contributed by atoms with Gasteiger partial charge in [0.25, 0.3) is 0 Å². The number of aromatic hydroxyl groups is 1. The zero-order valence-corrected chi connectivity index (χ0v) is 20.4. The first kappa shape index (κ1) is 24.4. The Morgan fingerprint density at radius 2 is 1.83 bits per heavy atom. The van der Waals surface area contributed by atoms with E-state index in [0.29, 0.717) is 34.8 Å². The summed E-state index contributed by atoms with van der Waals surface area (Å²) in [7, 11) is 0. The molecular formula is C27H36N6O2. The molecule has 0 spiro atoms. The van der Waals surface area contributed by atoms with Gasteiger partial charge in [-0.3, -0.25) is 0 Å². The lowest BCUT2D eigenvalue weighted by molar-refractivity contribution is 0.107. The van der Waals surface area contributed by atoms with Crippen molar-refractivity contribution in [2.24, 2.45) is 21.5 Å². The highest BCUT2D eigenvalue weighted by atomic mass is 16.5. The van der Waals surface area contributed by atoms with Gasteiger partial charge >= 0.3 is 0 Å². The van der Waals surface area contributed by atoms with Gasteiger partial charge in [0.05, 0.1) is 5.70 Å². The Morgan fingerprint density at radius 1 is 1.14 bits per heavy atom. The summed E-state index contributed by atoms with van der Waals surface area (Å²) in [6.07, 6.45) is 11.4. The van der Waals surface area contributed by atoms with Gasteiger partial charge in [0.15, 0.2) is 5.90 Å². The van der Waals surface area contributed by atoms with Crippen LogP contribution in [0.25, 0.3) is 5.70 Å². The summed E-state index contributed by atoms with van der Waals surface area (Å²) in [5.74, 6) is 1.13. The molecular weight excluding hydrogens is 440 g/mol. The molecule has 1 saturated carbocycles. The van der Waals surface area contributed by atoms with E-state index in [9.17, 15) is 5.11 Å². The quantitative estimate of drug-likeness (QED) is 0.300. The molecule has 1 aromatic carbocycles. The van der Waals surface area contributed by atoms with Crippen molar-refractivity contribution in [3.05, 3.63) is 72.0 Å². The van der Waals surface area contributed by atoms with Crippen LogP contribution in [0.15, 0.2) is 76.4 Å². The number of hydrogen-bond donors (Lipinski definition) is 3. The van der Waals surface area contributed by atoms with Crippen molar-refractivity contribution in [3.63, 3.8) is 0 Å². The molecule has 2 aliphatic heterocycles. The maximum Gasteiger partial charge on any atom is 0.184 e. The molecule has 2 unspecified atom stereocenters. The van der Waals surface area contributed by atoms with Crippen molar-refractivity contribution in [2.75, 3.05) is 13.1 Å². The number of nitrogens with two attached hydrogens (primary N) is 2. The van der Waals surface area contributed by atoms with E-state index in [1.165, 1.54) is 6.42 Å². The number of phenols is 1. The first-order valence-electron chi connectivity index (χ1n) is 12.2. The van der Waals surface area contributed by atoms with Gasteiger partial charge in [0.2, 0.25) is 0 Å². The van der Waals surface area contributed by atoms with Gasteiger partial charge in [-0.15, -0.1) is 0 Å². The number of aliphatic imine (C=N–C) groups is 2. The Balaban J connectivity index is 1.46. The summed E-state index contributed by atoms with van der Waals surface area (Å²) in [6, 6.07) is 7.55. The summed E-state index contributed by atoms with van der Waals surface area (Å²) in [4.78, 5) is 13.0. The third-order valence-corrected chi connectivity index (χ3v) is 7.01. The van der Waals surface area contributed by atoms with Crippen molar-refractivity contribution in [3.8, 4) is 5.75 Å². The number of phenolic OH excluding ortho intramolecular Hbond substituents is 1. The highest BCUT2D eigenvalue weighted by Crippen LogP contribution is 2.36. The summed E-state index contributed by atoms with van der Waals surface area (Å²) in [6.45, 7) is 11.3. The molecule has 1 aromatic rings. The fourth-order valence-corrected chi connectivity index (χ4v) is 4.99. The lowest BCUT2D eigenvalue weighted by Gasteiger charge is -2.44. The fourth-order valence-electron chi connectivity index (χ4n) is 4.99. The molecule has 8 heteroatoms. The number of likely N-dealkylation sites (tertiary alicyclic amines) is 1. The molecule has 0 radical (unpaired) electrons. The molecule has 2 heterocycles. The second-order valence-electron chi connectivity index (χ2n) is 9.37. The van der Waals surface area contributed by atoms with E-state index in [4.69, 9.17) is 16.2 Å². The third kappa shape index (κ3) is 5.53. The van der Waals surface area contributed by atoms with Crippen LogP contribution in [-0.2, 0) is 4.74 Å². The fraction of sp³-hybridized carbons (Fsp3) is 0.407. The number of allylic oxidation sites excluding steroid dienone is 2. The van der Waals surface area contributed by atoms with E-state index in [1.54, 1.807) is 30.5 Å². The summed E-state index contributed by atoms with van der Waals surface area (Å²) < 4.78 is 5.80. The minimum Gasteiger partial charge on any atom is -0.507 e. The lowest BCUT2D eigenvalue weighted by Crippen LogP contribution is -2.52. The number of benzene rings is 1. The zero-order chi connectivity index (χ0) is 24.9. The van der Waals surface area contributed by atoms with Crippen LogP contribution in [-0.4, -0.2) is 58.8 Å². The van der Waals surface area contributed by atoms with E-state index in [1.807, 2.05) is 19.1 Å². The Labute approximate surface area is 207 Å².